The van der Waals surface area contributed by atoms with Gasteiger partial charge in [0, 0.05) is 6.04 Å². The molecule has 74 valence electrons. The van der Waals surface area contributed by atoms with E-state index < -0.39 is 0 Å². The van der Waals surface area contributed by atoms with Crippen molar-refractivity contribution in [3.63, 3.8) is 0 Å². The Balaban J connectivity index is 2.46. The summed E-state index contributed by atoms with van der Waals surface area (Å²) in [5.41, 5.74) is 9.13. The summed E-state index contributed by atoms with van der Waals surface area (Å²) in [6.45, 7) is 3.65. The van der Waals surface area contributed by atoms with E-state index in [9.17, 15) is 5.11 Å². The summed E-state index contributed by atoms with van der Waals surface area (Å²) >= 11 is 0. The SMILES string of the molecule is C=C[C@@H](N)c1cc(O)c2c(c1)CCC2. The quantitative estimate of drug-likeness (QED) is 0.699. The molecular formula is C12H15NO. The maximum atomic E-state index is 9.77. The molecule has 1 aromatic carbocycles. The number of aromatic hydroxyl groups is 1. The van der Waals surface area contributed by atoms with Crippen molar-refractivity contribution < 1.29 is 5.11 Å². The highest BCUT2D eigenvalue weighted by Gasteiger charge is 2.16. The van der Waals surface area contributed by atoms with E-state index in [2.05, 4.69) is 12.6 Å². The summed E-state index contributed by atoms with van der Waals surface area (Å²) in [5.74, 6) is 0.396. The highest BCUT2D eigenvalue weighted by molar-refractivity contribution is 5.46. The Morgan fingerprint density at radius 1 is 1.43 bits per heavy atom. The molecule has 1 aromatic rings. The van der Waals surface area contributed by atoms with Crippen LogP contribution in [0.2, 0.25) is 0 Å². The zero-order chi connectivity index (χ0) is 10.1. The Morgan fingerprint density at radius 3 is 2.93 bits per heavy atom. The molecule has 1 atom stereocenters. The van der Waals surface area contributed by atoms with Gasteiger partial charge in [0.25, 0.3) is 0 Å². The third kappa shape index (κ3) is 1.42. The van der Waals surface area contributed by atoms with Gasteiger partial charge in [-0.15, -0.1) is 6.58 Å². The predicted molar refractivity (Wildman–Crippen MR) is 57.3 cm³/mol. The van der Waals surface area contributed by atoms with Crippen LogP contribution in [0.3, 0.4) is 0 Å². The van der Waals surface area contributed by atoms with Gasteiger partial charge in [-0.25, -0.2) is 0 Å². The molecule has 2 heteroatoms. The molecule has 3 N–H and O–H groups in total. The molecule has 2 nitrogen and oxygen atoms in total. The number of benzene rings is 1. The Morgan fingerprint density at radius 2 is 2.21 bits per heavy atom. The van der Waals surface area contributed by atoms with E-state index in [1.165, 1.54) is 5.56 Å². The molecule has 0 bridgehead atoms. The number of hydrogen-bond donors (Lipinski definition) is 2. The molecule has 0 heterocycles. The third-order valence-electron chi connectivity index (χ3n) is 2.85. The van der Waals surface area contributed by atoms with E-state index in [0.717, 1.165) is 30.4 Å². The standard InChI is InChI=1S/C12H15NO/c1-2-11(13)9-6-8-4-3-5-10(8)12(14)7-9/h2,6-7,11,14H,1,3-5,13H2/t11-/m1/s1. The summed E-state index contributed by atoms with van der Waals surface area (Å²) in [6.07, 6.45) is 4.87. The lowest BCUT2D eigenvalue weighted by molar-refractivity contribution is 0.468. The first-order chi connectivity index (χ1) is 6.72. The number of aryl methyl sites for hydroxylation is 1. The van der Waals surface area contributed by atoms with Crippen LogP contribution in [-0.2, 0) is 12.8 Å². The first-order valence-electron chi connectivity index (χ1n) is 4.95. The van der Waals surface area contributed by atoms with E-state index in [4.69, 9.17) is 5.73 Å². The van der Waals surface area contributed by atoms with Crippen molar-refractivity contribution in [3.05, 3.63) is 41.5 Å². The zero-order valence-corrected chi connectivity index (χ0v) is 8.16. The van der Waals surface area contributed by atoms with Crippen molar-refractivity contribution >= 4 is 0 Å². The Labute approximate surface area is 84.1 Å². The molecule has 14 heavy (non-hydrogen) atoms. The summed E-state index contributed by atoms with van der Waals surface area (Å²) in [6, 6.07) is 3.68. The molecule has 0 saturated carbocycles. The van der Waals surface area contributed by atoms with Crippen molar-refractivity contribution in [1.82, 2.24) is 0 Å². The number of hydrogen-bond acceptors (Lipinski definition) is 2. The molecule has 0 aliphatic heterocycles. The highest BCUT2D eigenvalue weighted by Crippen LogP contribution is 2.32. The monoisotopic (exact) mass is 189 g/mol. The number of nitrogens with two attached hydrogens (primary N) is 1. The van der Waals surface area contributed by atoms with E-state index >= 15 is 0 Å². The van der Waals surface area contributed by atoms with Crippen LogP contribution >= 0.6 is 0 Å². The average Bonchev–Trinajstić information content (AvgIpc) is 2.64. The second-order valence-electron chi connectivity index (χ2n) is 3.79. The lowest BCUT2D eigenvalue weighted by Gasteiger charge is -2.10. The molecule has 1 aliphatic carbocycles. The van der Waals surface area contributed by atoms with Gasteiger partial charge < -0.3 is 10.8 Å². The van der Waals surface area contributed by atoms with Crippen LogP contribution in [0.5, 0.6) is 5.75 Å². The van der Waals surface area contributed by atoms with Crippen LogP contribution in [0.1, 0.15) is 29.2 Å². The fraction of sp³-hybridized carbons (Fsp3) is 0.333. The van der Waals surface area contributed by atoms with Gasteiger partial charge in [0.1, 0.15) is 5.75 Å². The number of phenolic OH excluding ortho intramolecular Hbond substituents is 1. The van der Waals surface area contributed by atoms with Crippen LogP contribution in [0.15, 0.2) is 24.8 Å². The van der Waals surface area contributed by atoms with Crippen LogP contribution in [0, 0.1) is 0 Å². The Hall–Kier alpha value is -1.28. The number of phenols is 1. The van der Waals surface area contributed by atoms with Crippen LogP contribution < -0.4 is 5.73 Å². The fourth-order valence-electron chi connectivity index (χ4n) is 2.04. The number of fused-ring (bicyclic) bond motifs is 1. The van der Waals surface area contributed by atoms with Gasteiger partial charge in [-0.2, -0.15) is 0 Å². The minimum Gasteiger partial charge on any atom is -0.508 e. The van der Waals surface area contributed by atoms with E-state index in [1.807, 2.05) is 0 Å². The van der Waals surface area contributed by atoms with E-state index in [-0.39, 0.29) is 6.04 Å². The summed E-state index contributed by atoms with van der Waals surface area (Å²) in [4.78, 5) is 0. The Bertz CT molecular complexity index is 371. The Kier molecular flexibility index (Phi) is 2.30. The lowest BCUT2D eigenvalue weighted by atomic mass is 10.0. The van der Waals surface area contributed by atoms with Gasteiger partial charge in [0.05, 0.1) is 0 Å². The summed E-state index contributed by atoms with van der Waals surface area (Å²) < 4.78 is 0. The topological polar surface area (TPSA) is 46.2 Å². The van der Waals surface area contributed by atoms with Gasteiger partial charge in [0.2, 0.25) is 0 Å². The molecular weight excluding hydrogens is 174 g/mol. The minimum atomic E-state index is -0.174. The van der Waals surface area contributed by atoms with Crippen molar-refractivity contribution in [2.45, 2.75) is 25.3 Å². The average molecular weight is 189 g/mol. The normalized spacial score (nSPS) is 16.4. The third-order valence-corrected chi connectivity index (χ3v) is 2.85. The second kappa shape index (κ2) is 3.46. The highest BCUT2D eigenvalue weighted by atomic mass is 16.3. The van der Waals surface area contributed by atoms with Gasteiger partial charge in [0.15, 0.2) is 0 Å². The van der Waals surface area contributed by atoms with Crippen LogP contribution in [0.25, 0.3) is 0 Å². The number of rotatable bonds is 2. The molecule has 0 spiro atoms. The lowest BCUT2D eigenvalue weighted by Crippen LogP contribution is -2.07. The van der Waals surface area contributed by atoms with Crippen LogP contribution in [-0.4, -0.2) is 5.11 Å². The molecule has 0 radical (unpaired) electrons. The summed E-state index contributed by atoms with van der Waals surface area (Å²) in [7, 11) is 0. The zero-order valence-electron chi connectivity index (χ0n) is 8.16. The first-order valence-corrected chi connectivity index (χ1v) is 4.95. The van der Waals surface area contributed by atoms with Gasteiger partial charge in [-0.3, -0.25) is 0 Å². The molecule has 0 amide bonds. The maximum absolute atomic E-state index is 9.77. The van der Waals surface area contributed by atoms with Gasteiger partial charge in [-0.05, 0) is 42.0 Å². The molecule has 2 rings (SSSR count). The smallest absolute Gasteiger partial charge is 0.119 e. The van der Waals surface area contributed by atoms with Gasteiger partial charge in [-0.1, -0.05) is 12.1 Å². The van der Waals surface area contributed by atoms with Crippen molar-refractivity contribution in [1.29, 1.82) is 0 Å². The van der Waals surface area contributed by atoms with Gasteiger partial charge >= 0.3 is 0 Å². The predicted octanol–water partition coefficient (Wildman–Crippen LogP) is 2.07. The van der Waals surface area contributed by atoms with E-state index in [0.29, 0.717) is 5.75 Å². The maximum Gasteiger partial charge on any atom is 0.119 e. The molecule has 0 unspecified atom stereocenters. The molecule has 0 fully saturated rings. The largest absolute Gasteiger partial charge is 0.508 e. The second-order valence-corrected chi connectivity index (χ2v) is 3.79. The molecule has 0 aromatic heterocycles. The molecule has 1 aliphatic rings. The molecule has 0 saturated heterocycles. The van der Waals surface area contributed by atoms with E-state index in [1.54, 1.807) is 12.1 Å². The van der Waals surface area contributed by atoms with Crippen LogP contribution in [0.4, 0.5) is 0 Å². The minimum absolute atomic E-state index is 0.174. The van der Waals surface area contributed by atoms with Crippen molar-refractivity contribution in [2.75, 3.05) is 0 Å². The fourth-order valence-corrected chi connectivity index (χ4v) is 2.04. The van der Waals surface area contributed by atoms with Crippen molar-refractivity contribution in [2.24, 2.45) is 5.73 Å². The van der Waals surface area contributed by atoms with Crippen molar-refractivity contribution in [3.8, 4) is 5.75 Å². The first kappa shape index (κ1) is 9.28. The summed E-state index contributed by atoms with van der Waals surface area (Å²) in [5, 5.41) is 9.77.